The molecule has 0 bridgehead atoms. The van der Waals surface area contributed by atoms with Crippen molar-refractivity contribution in [3.63, 3.8) is 0 Å². The lowest BCUT2D eigenvalue weighted by Crippen LogP contribution is -2.07. The first-order valence-corrected chi connectivity index (χ1v) is 6.69. The van der Waals surface area contributed by atoms with Crippen LogP contribution in [-0.2, 0) is 6.42 Å². The Hall–Kier alpha value is -1.42. The van der Waals surface area contributed by atoms with Gasteiger partial charge in [-0.3, -0.25) is 9.48 Å². The Morgan fingerprint density at radius 3 is 2.67 bits per heavy atom. The Morgan fingerprint density at radius 1 is 1.33 bits per heavy atom. The van der Waals surface area contributed by atoms with Crippen LogP contribution in [0.25, 0.3) is 0 Å². The fourth-order valence-electron chi connectivity index (χ4n) is 1.71. The zero-order chi connectivity index (χ0) is 13.1. The highest BCUT2D eigenvalue weighted by molar-refractivity contribution is 9.10. The normalized spacial score (nSPS) is 10.9. The van der Waals surface area contributed by atoms with Crippen LogP contribution in [-0.4, -0.2) is 15.6 Å². The van der Waals surface area contributed by atoms with E-state index in [0.29, 0.717) is 18.0 Å². The molecular formula is C14H15BrN2O. The van der Waals surface area contributed by atoms with Gasteiger partial charge in [-0.15, -0.1) is 0 Å². The summed E-state index contributed by atoms with van der Waals surface area (Å²) in [7, 11) is 0. The first-order valence-electron chi connectivity index (χ1n) is 5.89. The summed E-state index contributed by atoms with van der Waals surface area (Å²) in [6.45, 7) is 4.12. The molecule has 0 fully saturated rings. The molecule has 4 heteroatoms. The van der Waals surface area contributed by atoms with Crippen molar-refractivity contribution < 1.29 is 4.79 Å². The minimum Gasteiger partial charge on any atom is -0.294 e. The number of benzene rings is 1. The molecule has 0 aliphatic heterocycles. The standard InChI is InChI=1S/C14H15BrN2O/c1-10(2)17-8-7-11(16-17)9-14(18)12-5-3-4-6-13(12)15/h3-8,10H,9H2,1-2H3. The van der Waals surface area contributed by atoms with Gasteiger partial charge < -0.3 is 0 Å². The van der Waals surface area contributed by atoms with Gasteiger partial charge in [-0.2, -0.15) is 5.10 Å². The molecule has 1 aromatic carbocycles. The van der Waals surface area contributed by atoms with E-state index < -0.39 is 0 Å². The fraction of sp³-hybridized carbons (Fsp3) is 0.286. The Kier molecular flexibility index (Phi) is 3.97. The van der Waals surface area contributed by atoms with Crippen LogP contribution in [0, 0.1) is 0 Å². The van der Waals surface area contributed by atoms with Crippen molar-refractivity contribution in [1.29, 1.82) is 0 Å². The molecule has 0 aliphatic carbocycles. The summed E-state index contributed by atoms with van der Waals surface area (Å²) in [6, 6.07) is 9.68. The molecule has 0 saturated carbocycles. The van der Waals surface area contributed by atoms with Gasteiger partial charge in [-0.05, 0) is 26.0 Å². The van der Waals surface area contributed by atoms with Crippen LogP contribution in [0.1, 0.15) is 35.9 Å². The lowest BCUT2D eigenvalue weighted by molar-refractivity contribution is 0.0991. The minimum absolute atomic E-state index is 0.0801. The van der Waals surface area contributed by atoms with Crippen LogP contribution in [0.2, 0.25) is 0 Å². The largest absolute Gasteiger partial charge is 0.294 e. The molecule has 0 aliphatic rings. The summed E-state index contributed by atoms with van der Waals surface area (Å²) in [5.41, 5.74) is 1.51. The molecule has 0 spiro atoms. The number of Topliss-reactive ketones (excluding diaryl/α,β-unsaturated/α-hetero) is 1. The summed E-state index contributed by atoms with van der Waals surface area (Å²) >= 11 is 3.39. The summed E-state index contributed by atoms with van der Waals surface area (Å²) in [5, 5.41) is 4.39. The van der Waals surface area contributed by atoms with Crippen molar-refractivity contribution >= 4 is 21.7 Å². The second-order valence-electron chi connectivity index (χ2n) is 4.46. The molecule has 0 unspecified atom stereocenters. The van der Waals surface area contributed by atoms with Crippen LogP contribution in [0.3, 0.4) is 0 Å². The number of hydrogen-bond acceptors (Lipinski definition) is 2. The number of ketones is 1. The highest BCUT2D eigenvalue weighted by Gasteiger charge is 2.12. The van der Waals surface area contributed by atoms with E-state index in [2.05, 4.69) is 34.9 Å². The molecular weight excluding hydrogens is 292 g/mol. The molecule has 0 amide bonds. The van der Waals surface area contributed by atoms with Gasteiger partial charge in [0.1, 0.15) is 0 Å². The van der Waals surface area contributed by atoms with Crippen molar-refractivity contribution in [2.45, 2.75) is 26.3 Å². The van der Waals surface area contributed by atoms with Gasteiger partial charge in [-0.25, -0.2) is 0 Å². The van der Waals surface area contributed by atoms with Crippen molar-refractivity contribution in [2.75, 3.05) is 0 Å². The van der Waals surface area contributed by atoms with Gasteiger partial charge in [0.15, 0.2) is 5.78 Å². The van der Waals surface area contributed by atoms with Crippen molar-refractivity contribution in [2.24, 2.45) is 0 Å². The number of carbonyl (C=O) groups is 1. The molecule has 0 atom stereocenters. The van der Waals surface area contributed by atoms with E-state index in [-0.39, 0.29) is 5.78 Å². The van der Waals surface area contributed by atoms with E-state index in [1.54, 1.807) is 0 Å². The highest BCUT2D eigenvalue weighted by atomic mass is 79.9. The molecule has 18 heavy (non-hydrogen) atoms. The SMILES string of the molecule is CC(C)n1ccc(CC(=O)c2ccccc2Br)n1. The van der Waals surface area contributed by atoms with Crippen LogP contribution < -0.4 is 0 Å². The number of carbonyl (C=O) groups excluding carboxylic acids is 1. The summed E-state index contributed by atoms with van der Waals surface area (Å²) < 4.78 is 2.70. The monoisotopic (exact) mass is 306 g/mol. The first-order chi connectivity index (χ1) is 8.58. The van der Waals surface area contributed by atoms with Crippen molar-refractivity contribution in [3.8, 4) is 0 Å². The van der Waals surface area contributed by atoms with Gasteiger partial charge in [0.05, 0.1) is 12.1 Å². The third-order valence-electron chi connectivity index (χ3n) is 2.71. The van der Waals surface area contributed by atoms with E-state index >= 15 is 0 Å². The lowest BCUT2D eigenvalue weighted by Gasteiger charge is -2.04. The Morgan fingerprint density at radius 2 is 2.06 bits per heavy atom. The van der Waals surface area contributed by atoms with Gasteiger partial charge >= 0.3 is 0 Å². The van der Waals surface area contributed by atoms with Crippen molar-refractivity contribution in [3.05, 3.63) is 52.3 Å². The predicted octanol–water partition coefficient (Wildman–Crippen LogP) is 3.65. The lowest BCUT2D eigenvalue weighted by atomic mass is 10.1. The Balaban J connectivity index is 2.14. The van der Waals surface area contributed by atoms with E-state index in [4.69, 9.17) is 0 Å². The third kappa shape index (κ3) is 2.88. The second kappa shape index (κ2) is 5.48. The number of nitrogens with zero attached hydrogens (tertiary/aromatic N) is 2. The molecule has 2 aromatic rings. The van der Waals surface area contributed by atoms with Crippen LogP contribution >= 0.6 is 15.9 Å². The fourth-order valence-corrected chi connectivity index (χ4v) is 2.21. The molecule has 3 nitrogen and oxygen atoms in total. The molecule has 94 valence electrons. The molecule has 0 radical (unpaired) electrons. The average Bonchev–Trinajstić information content (AvgIpc) is 2.78. The van der Waals surface area contributed by atoms with Crippen LogP contribution in [0.4, 0.5) is 0 Å². The van der Waals surface area contributed by atoms with Crippen LogP contribution in [0.15, 0.2) is 41.0 Å². The topological polar surface area (TPSA) is 34.9 Å². The van der Waals surface area contributed by atoms with E-state index in [1.807, 2.05) is 41.2 Å². The number of hydrogen-bond donors (Lipinski definition) is 0. The zero-order valence-electron chi connectivity index (χ0n) is 10.4. The Labute approximate surface area is 115 Å². The molecule has 0 saturated heterocycles. The van der Waals surface area contributed by atoms with Gasteiger partial charge in [0, 0.05) is 22.3 Å². The molecule has 2 rings (SSSR count). The third-order valence-corrected chi connectivity index (χ3v) is 3.40. The predicted molar refractivity (Wildman–Crippen MR) is 74.8 cm³/mol. The van der Waals surface area contributed by atoms with E-state index in [0.717, 1.165) is 10.2 Å². The van der Waals surface area contributed by atoms with Crippen LogP contribution in [0.5, 0.6) is 0 Å². The number of halogens is 1. The van der Waals surface area contributed by atoms with E-state index in [1.165, 1.54) is 0 Å². The number of rotatable bonds is 4. The smallest absolute Gasteiger partial charge is 0.170 e. The maximum Gasteiger partial charge on any atom is 0.170 e. The average molecular weight is 307 g/mol. The maximum atomic E-state index is 12.1. The van der Waals surface area contributed by atoms with E-state index in [9.17, 15) is 4.79 Å². The highest BCUT2D eigenvalue weighted by Crippen LogP contribution is 2.18. The zero-order valence-corrected chi connectivity index (χ0v) is 12.0. The Bertz CT molecular complexity index is 560. The second-order valence-corrected chi connectivity index (χ2v) is 5.31. The maximum absolute atomic E-state index is 12.1. The van der Waals surface area contributed by atoms with Crippen molar-refractivity contribution in [1.82, 2.24) is 9.78 Å². The number of aromatic nitrogens is 2. The summed E-state index contributed by atoms with van der Waals surface area (Å²) in [5.74, 6) is 0.0801. The molecule has 1 heterocycles. The molecule has 0 N–H and O–H groups in total. The quantitative estimate of drug-likeness (QED) is 0.808. The summed E-state index contributed by atoms with van der Waals surface area (Å²) in [4.78, 5) is 12.1. The molecule has 1 aromatic heterocycles. The van der Waals surface area contributed by atoms with Gasteiger partial charge in [-0.1, -0.05) is 34.1 Å². The van der Waals surface area contributed by atoms with Gasteiger partial charge in [0.2, 0.25) is 0 Å². The first kappa shape index (κ1) is 13.0. The summed E-state index contributed by atoms with van der Waals surface area (Å²) in [6.07, 6.45) is 2.25. The van der Waals surface area contributed by atoms with Gasteiger partial charge in [0.25, 0.3) is 0 Å². The minimum atomic E-state index is 0.0801.